The van der Waals surface area contributed by atoms with E-state index in [9.17, 15) is 4.39 Å². The zero-order valence-electron chi connectivity index (χ0n) is 9.28. The molecule has 88 valence electrons. The van der Waals surface area contributed by atoms with E-state index in [0.717, 1.165) is 5.69 Å². The summed E-state index contributed by atoms with van der Waals surface area (Å²) in [6.45, 7) is 1.85. The Morgan fingerprint density at radius 2 is 2.00 bits per heavy atom. The van der Waals surface area contributed by atoms with E-state index in [1.54, 1.807) is 24.4 Å². The number of halogens is 2. The quantitative estimate of drug-likeness (QED) is 0.791. The van der Waals surface area contributed by atoms with Crippen LogP contribution in [0.4, 0.5) is 4.39 Å². The molecule has 0 unspecified atom stereocenters. The molecular weight excluding hydrogens is 285 g/mol. The monoisotopic (exact) mass is 295 g/mol. The molecule has 0 fully saturated rings. The van der Waals surface area contributed by atoms with Gasteiger partial charge in [0.2, 0.25) is 0 Å². The lowest BCUT2D eigenvalue weighted by atomic mass is 10.2. The number of ether oxygens (including phenoxy) is 1. The van der Waals surface area contributed by atoms with Gasteiger partial charge in [-0.2, -0.15) is 0 Å². The van der Waals surface area contributed by atoms with E-state index in [1.165, 1.54) is 6.07 Å². The van der Waals surface area contributed by atoms with Gasteiger partial charge in [0.15, 0.2) is 0 Å². The van der Waals surface area contributed by atoms with Crippen molar-refractivity contribution in [3.63, 3.8) is 0 Å². The Bertz CT molecular complexity index is 531. The maximum absolute atomic E-state index is 13.5. The van der Waals surface area contributed by atoms with Gasteiger partial charge in [-0.1, -0.05) is 22.0 Å². The lowest BCUT2D eigenvalue weighted by molar-refractivity contribution is 0.464. The van der Waals surface area contributed by atoms with Gasteiger partial charge in [-0.25, -0.2) is 4.39 Å². The highest BCUT2D eigenvalue weighted by Gasteiger charge is 2.10. The van der Waals surface area contributed by atoms with Crippen LogP contribution in [-0.4, -0.2) is 4.98 Å². The summed E-state index contributed by atoms with van der Waals surface area (Å²) >= 11 is 3.26. The molecule has 17 heavy (non-hydrogen) atoms. The van der Waals surface area contributed by atoms with E-state index in [2.05, 4.69) is 20.9 Å². The molecule has 0 aliphatic rings. The molecule has 1 aromatic carbocycles. The first kappa shape index (κ1) is 12.0. The van der Waals surface area contributed by atoms with Crippen LogP contribution in [0, 0.1) is 12.7 Å². The van der Waals surface area contributed by atoms with E-state index < -0.39 is 0 Å². The van der Waals surface area contributed by atoms with Gasteiger partial charge >= 0.3 is 0 Å². The predicted molar refractivity (Wildman–Crippen MR) is 68.1 cm³/mol. The van der Waals surface area contributed by atoms with Crippen LogP contribution in [0.5, 0.6) is 11.5 Å². The second-order valence-electron chi connectivity index (χ2n) is 3.54. The molecule has 0 N–H and O–H groups in total. The molecule has 0 saturated heterocycles. The third kappa shape index (κ3) is 2.64. The fourth-order valence-electron chi connectivity index (χ4n) is 1.46. The highest BCUT2D eigenvalue weighted by Crippen LogP contribution is 2.29. The SMILES string of the molecule is Cc1ncccc1Oc1cccc(F)c1CBr. The summed E-state index contributed by atoms with van der Waals surface area (Å²) in [4.78, 5) is 4.12. The second kappa shape index (κ2) is 5.27. The van der Waals surface area contributed by atoms with Gasteiger partial charge in [-0.05, 0) is 31.2 Å². The predicted octanol–water partition coefficient (Wildman–Crippen LogP) is 4.22. The minimum absolute atomic E-state index is 0.277. The Morgan fingerprint density at radius 3 is 2.71 bits per heavy atom. The first-order valence-electron chi connectivity index (χ1n) is 5.15. The van der Waals surface area contributed by atoms with Gasteiger partial charge in [0.05, 0.1) is 5.69 Å². The zero-order chi connectivity index (χ0) is 12.3. The van der Waals surface area contributed by atoms with Gasteiger partial charge in [0, 0.05) is 17.1 Å². The molecule has 2 nitrogen and oxygen atoms in total. The molecule has 0 spiro atoms. The summed E-state index contributed by atoms with van der Waals surface area (Å²) in [5.41, 5.74) is 1.29. The highest BCUT2D eigenvalue weighted by atomic mass is 79.9. The first-order valence-corrected chi connectivity index (χ1v) is 6.27. The molecule has 0 bridgehead atoms. The summed E-state index contributed by atoms with van der Waals surface area (Å²) in [6, 6.07) is 8.38. The Hall–Kier alpha value is -1.42. The topological polar surface area (TPSA) is 22.1 Å². The van der Waals surface area contributed by atoms with Crippen molar-refractivity contribution in [1.29, 1.82) is 0 Å². The van der Waals surface area contributed by atoms with Crippen LogP contribution in [-0.2, 0) is 5.33 Å². The van der Waals surface area contributed by atoms with Crippen molar-refractivity contribution < 1.29 is 9.13 Å². The van der Waals surface area contributed by atoms with Crippen LogP contribution in [0.25, 0.3) is 0 Å². The molecule has 0 atom stereocenters. The van der Waals surface area contributed by atoms with Crippen molar-refractivity contribution in [2.24, 2.45) is 0 Å². The Labute approximate surface area is 108 Å². The fourth-order valence-corrected chi connectivity index (χ4v) is 2.00. The zero-order valence-corrected chi connectivity index (χ0v) is 10.9. The average Bonchev–Trinajstić information content (AvgIpc) is 2.32. The molecule has 1 aromatic heterocycles. The van der Waals surface area contributed by atoms with Crippen molar-refractivity contribution in [2.45, 2.75) is 12.3 Å². The van der Waals surface area contributed by atoms with E-state index in [-0.39, 0.29) is 5.82 Å². The Kier molecular flexibility index (Phi) is 3.74. The Morgan fingerprint density at radius 1 is 1.24 bits per heavy atom. The summed E-state index contributed by atoms with van der Waals surface area (Å²) in [7, 11) is 0. The largest absolute Gasteiger partial charge is 0.455 e. The lowest BCUT2D eigenvalue weighted by Crippen LogP contribution is -1.95. The van der Waals surface area contributed by atoms with E-state index >= 15 is 0 Å². The summed E-state index contributed by atoms with van der Waals surface area (Å²) in [6.07, 6.45) is 1.69. The Balaban J connectivity index is 2.37. The highest BCUT2D eigenvalue weighted by molar-refractivity contribution is 9.08. The second-order valence-corrected chi connectivity index (χ2v) is 4.10. The van der Waals surface area contributed by atoms with Crippen molar-refractivity contribution >= 4 is 15.9 Å². The van der Waals surface area contributed by atoms with Crippen molar-refractivity contribution in [3.8, 4) is 11.5 Å². The number of aryl methyl sites for hydroxylation is 1. The number of hydrogen-bond acceptors (Lipinski definition) is 2. The third-order valence-electron chi connectivity index (χ3n) is 2.39. The molecular formula is C13H11BrFNO. The van der Waals surface area contributed by atoms with Gasteiger partial charge < -0.3 is 4.74 Å². The smallest absolute Gasteiger partial charge is 0.148 e. The van der Waals surface area contributed by atoms with Crippen LogP contribution in [0.3, 0.4) is 0 Å². The number of benzene rings is 1. The first-order chi connectivity index (χ1) is 8.22. The molecule has 0 radical (unpaired) electrons. The van der Waals surface area contributed by atoms with Crippen LogP contribution in [0.2, 0.25) is 0 Å². The number of nitrogens with zero attached hydrogens (tertiary/aromatic N) is 1. The van der Waals surface area contributed by atoms with E-state index in [0.29, 0.717) is 22.4 Å². The normalized spacial score (nSPS) is 10.3. The minimum Gasteiger partial charge on any atom is -0.455 e. The van der Waals surface area contributed by atoms with Crippen molar-refractivity contribution in [3.05, 3.63) is 53.6 Å². The van der Waals surface area contributed by atoms with Crippen LogP contribution in [0.1, 0.15) is 11.3 Å². The van der Waals surface area contributed by atoms with Crippen LogP contribution in [0.15, 0.2) is 36.5 Å². The molecule has 0 saturated carbocycles. The number of hydrogen-bond donors (Lipinski definition) is 0. The number of aromatic nitrogens is 1. The van der Waals surface area contributed by atoms with Crippen molar-refractivity contribution in [1.82, 2.24) is 4.98 Å². The minimum atomic E-state index is -0.277. The molecule has 2 rings (SSSR count). The molecule has 0 amide bonds. The maximum atomic E-state index is 13.5. The van der Waals surface area contributed by atoms with Gasteiger partial charge in [0.1, 0.15) is 17.3 Å². The fraction of sp³-hybridized carbons (Fsp3) is 0.154. The molecule has 1 heterocycles. The van der Waals surface area contributed by atoms with Gasteiger partial charge in [-0.15, -0.1) is 0 Å². The summed E-state index contributed by atoms with van der Waals surface area (Å²) in [5, 5.41) is 0.411. The van der Waals surface area contributed by atoms with Crippen LogP contribution >= 0.6 is 15.9 Å². The third-order valence-corrected chi connectivity index (χ3v) is 2.95. The maximum Gasteiger partial charge on any atom is 0.148 e. The number of rotatable bonds is 3. The summed E-state index contributed by atoms with van der Waals surface area (Å²) < 4.78 is 19.2. The molecule has 0 aliphatic carbocycles. The van der Waals surface area contributed by atoms with E-state index in [4.69, 9.17) is 4.74 Å². The lowest BCUT2D eigenvalue weighted by Gasteiger charge is -2.11. The summed E-state index contributed by atoms with van der Waals surface area (Å²) in [5.74, 6) is 0.874. The average molecular weight is 296 g/mol. The molecule has 2 aromatic rings. The van der Waals surface area contributed by atoms with E-state index in [1.807, 2.05) is 13.0 Å². The number of alkyl halides is 1. The standard InChI is InChI=1S/C13H11BrFNO/c1-9-12(6-3-7-16-9)17-13-5-2-4-11(15)10(13)8-14/h2-7H,8H2,1H3. The van der Waals surface area contributed by atoms with Gasteiger partial charge in [0.25, 0.3) is 0 Å². The molecule has 0 aliphatic heterocycles. The van der Waals surface area contributed by atoms with Crippen molar-refractivity contribution in [2.75, 3.05) is 0 Å². The van der Waals surface area contributed by atoms with Crippen LogP contribution < -0.4 is 4.74 Å². The number of pyridine rings is 1. The molecule has 4 heteroatoms. The van der Waals surface area contributed by atoms with Gasteiger partial charge in [-0.3, -0.25) is 4.98 Å².